The van der Waals surface area contributed by atoms with Gasteiger partial charge in [-0.25, -0.2) is 14.2 Å². The SMILES string of the molecule is COC(=O)N1CCc2c(nc(C)n2[C@H]2C[C@H]3CC[C@@H](C2)N3CC[C@H](NC(C)=O)c2cccc(F)c2)C1.O. The first-order chi connectivity index (χ1) is 17.3. The van der Waals surface area contributed by atoms with Crippen LogP contribution < -0.4 is 5.32 Å². The van der Waals surface area contributed by atoms with Crippen LogP contribution in [0.4, 0.5) is 9.18 Å². The summed E-state index contributed by atoms with van der Waals surface area (Å²) in [5.74, 6) is 0.649. The minimum atomic E-state index is -0.296. The number of halogens is 1. The smallest absolute Gasteiger partial charge is 0.409 e. The van der Waals surface area contributed by atoms with Crippen LogP contribution in [0.25, 0.3) is 0 Å². The number of amides is 2. The van der Waals surface area contributed by atoms with Crippen molar-refractivity contribution in [3.63, 3.8) is 0 Å². The number of imidazole rings is 1. The molecule has 2 bridgehead atoms. The van der Waals surface area contributed by atoms with Crippen molar-refractivity contribution in [2.45, 2.75) is 83.1 Å². The number of benzene rings is 1. The highest BCUT2D eigenvalue weighted by atomic mass is 19.1. The average Bonchev–Trinajstić information content (AvgIpc) is 3.30. The number of hydrogen-bond acceptors (Lipinski definition) is 5. The number of carbonyl (C=O) groups is 2. The Morgan fingerprint density at radius 1 is 1.22 bits per heavy atom. The fourth-order valence-electron chi connectivity index (χ4n) is 6.70. The second kappa shape index (κ2) is 11.2. The molecule has 1 aromatic carbocycles. The van der Waals surface area contributed by atoms with E-state index in [1.54, 1.807) is 11.0 Å². The molecule has 3 aliphatic heterocycles. The number of aromatic nitrogens is 2. The molecule has 0 radical (unpaired) electrons. The summed E-state index contributed by atoms with van der Waals surface area (Å²) in [6.45, 7) is 5.62. The van der Waals surface area contributed by atoms with Gasteiger partial charge in [-0.05, 0) is 56.7 Å². The molecule has 0 aliphatic carbocycles. The highest BCUT2D eigenvalue weighted by Gasteiger charge is 2.42. The summed E-state index contributed by atoms with van der Waals surface area (Å²) in [5.41, 5.74) is 3.07. The molecule has 0 spiro atoms. The van der Waals surface area contributed by atoms with Gasteiger partial charge < -0.3 is 25.0 Å². The Bertz CT molecular complexity index is 1120. The summed E-state index contributed by atoms with van der Waals surface area (Å²) in [7, 11) is 1.42. The molecule has 202 valence electrons. The highest BCUT2D eigenvalue weighted by molar-refractivity contribution is 5.73. The average molecular weight is 516 g/mol. The van der Waals surface area contributed by atoms with Crippen molar-refractivity contribution in [1.29, 1.82) is 0 Å². The molecule has 5 rings (SSSR count). The van der Waals surface area contributed by atoms with Crippen LogP contribution in [0, 0.1) is 12.7 Å². The van der Waals surface area contributed by atoms with Crippen LogP contribution in [0.2, 0.25) is 0 Å². The topological polar surface area (TPSA) is 111 Å². The Morgan fingerprint density at radius 3 is 2.59 bits per heavy atom. The normalized spacial score (nSPS) is 23.7. The van der Waals surface area contributed by atoms with Gasteiger partial charge in [-0.1, -0.05) is 12.1 Å². The van der Waals surface area contributed by atoms with Crippen molar-refractivity contribution in [3.8, 4) is 0 Å². The molecule has 2 saturated heterocycles. The Kier molecular flexibility index (Phi) is 8.18. The third-order valence-electron chi connectivity index (χ3n) is 8.19. The van der Waals surface area contributed by atoms with Gasteiger partial charge in [-0.2, -0.15) is 0 Å². The third-order valence-corrected chi connectivity index (χ3v) is 8.19. The van der Waals surface area contributed by atoms with Crippen molar-refractivity contribution in [1.82, 2.24) is 24.7 Å². The quantitative estimate of drug-likeness (QED) is 0.636. The maximum Gasteiger partial charge on any atom is 0.409 e. The summed E-state index contributed by atoms with van der Waals surface area (Å²) < 4.78 is 21.2. The highest BCUT2D eigenvalue weighted by Crippen LogP contribution is 2.43. The number of nitrogens with zero attached hydrogens (tertiary/aromatic N) is 4. The predicted octanol–water partition coefficient (Wildman–Crippen LogP) is 3.07. The van der Waals surface area contributed by atoms with Crippen LogP contribution in [-0.2, 0) is 22.5 Å². The second-order valence-corrected chi connectivity index (χ2v) is 10.4. The van der Waals surface area contributed by atoms with Crippen LogP contribution in [0.3, 0.4) is 0 Å². The van der Waals surface area contributed by atoms with Crippen LogP contribution in [0.1, 0.15) is 73.9 Å². The molecule has 37 heavy (non-hydrogen) atoms. The number of piperidine rings is 1. The Morgan fingerprint density at radius 2 is 1.95 bits per heavy atom. The molecule has 0 unspecified atom stereocenters. The molecule has 10 heteroatoms. The molecule has 2 amide bonds. The van der Waals surface area contributed by atoms with Crippen molar-refractivity contribution >= 4 is 12.0 Å². The summed E-state index contributed by atoms with van der Waals surface area (Å²) in [6.07, 6.45) is 5.76. The lowest BCUT2D eigenvalue weighted by Gasteiger charge is -2.41. The van der Waals surface area contributed by atoms with Crippen LogP contribution in [0.15, 0.2) is 24.3 Å². The van der Waals surface area contributed by atoms with Gasteiger partial charge in [-0.15, -0.1) is 0 Å². The number of nitrogens with one attached hydrogen (secondary N) is 1. The summed E-state index contributed by atoms with van der Waals surface area (Å²) in [5, 5.41) is 3.02. The van der Waals surface area contributed by atoms with E-state index in [-0.39, 0.29) is 29.3 Å². The van der Waals surface area contributed by atoms with Crippen molar-refractivity contribution in [2.75, 3.05) is 20.2 Å². The summed E-state index contributed by atoms with van der Waals surface area (Å²) in [6, 6.07) is 7.74. The maximum absolute atomic E-state index is 13.8. The third kappa shape index (κ3) is 5.50. The zero-order valence-corrected chi connectivity index (χ0v) is 21.9. The van der Waals surface area contributed by atoms with Gasteiger partial charge in [0.1, 0.15) is 11.6 Å². The van der Waals surface area contributed by atoms with Crippen molar-refractivity contribution in [2.24, 2.45) is 0 Å². The molecular weight excluding hydrogens is 477 g/mol. The lowest BCUT2D eigenvalue weighted by molar-refractivity contribution is -0.119. The Labute approximate surface area is 217 Å². The summed E-state index contributed by atoms with van der Waals surface area (Å²) >= 11 is 0. The monoisotopic (exact) mass is 515 g/mol. The largest absolute Gasteiger partial charge is 0.453 e. The van der Waals surface area contributed by atoms with Crippen molar-refractivity contribution in [3.05, 3.63) is 52.9 Å². The first-order valence-corrected chi connectivity index (χ1v) is 13.0. The van der Waals surface area contributed by atoms with Crippen LogP contribution in [0.5, 0.6) is 0 Å². The van der Waals surface area contributed by atoms with Crippen LogP contribution in [-0.4, -0.2) is 69.1 Å². The number of hydrogen-bond donors (Lipinski definition) is 1. The molecule has 3 aliphatic rings. The maximum atomic E-state index is 13.8. The van der Waals surface area contributed by atoms with Gasteiger partial charge in [0.05, 0.1) is 25.4 Å². The number of rotatable bonds is 6. The van der Waals surface area contributed by atoms with E-state index < -0.39 is 0 Å². The van der Waals surface area contributed by atoms with Crippen LogP contribution >= 0.6 is 0 Å². The van der Waals surface area contributed by atoms with Crippen molar-refractivity contribution < 1.29 is 24.2 Å². The molecule has 4 atom stereocenters. The Hall–Kier alpha value is -2.98. The molecule has 4 heterocycles. The number of aryl methyl sites for hydroxylation is 1. The fraction of sp³-hybridized carbons (Fsp3) is 0.593. The van der Waals surface area contributed by atoms with E-state index in [4.69, 9.17) is 9.72 Å². The minimum Gasteiger partial charge on any atom is -0.453 e. The fourth-order valence-corrected chi connectivity index (χ4v) is 6.70. The van der Waals surface area contributed by atoms with Gasteiger partial charge >= 0.3 is 6.09 Å². The predicted molar refractivity (Wildman–Crippen MR) is 136 cm³/mol. The standard InChI is InChI=1S/C27H36FN5O3.H2O/c1-17-29-25-16-31(27(35)36-3)11-10-26(25)33(17)23-14-21-7-8-22(15-23)32(21)12-9-24(30-18(2)34)19-5-4-6-20(28)13-19;/h4-6,13,21-24H,7-12,14-16H2,1-3H3,(H,30,34);1H2/t21-,22+,23+,24-;/m0./s1. The van der Waals surface area contributed by atoms with Gasteiger partial charge in [0, 0.05) is 50.3 Å². The van der Waals surface area contributed by atoms with Gasteiger partial charge in [0.2, 0.25) is 5.91 Å². The van der Waals surface area contributed by atoms with Gasteiger partial charge in [0.15, 0.2) is 0 Å². The molecule has 9 nitrogen and oxygen atoms in total. The zero-order valence-electron chi connectivity index (χ0n) is 21.9. The number of carbonyl (C=O) groups excluding carboxylic acids is 2. The number of ether oxygens (including phenoxy) is 1. The molecular formula is C27H38FN5O4. The van der Waals surface area contributed by atoms with E-state index in [9.17, 15) is 14.0 Å². The molecule has 3 N–H and O–H groups in total. The first kappa shape index (κ1) is 27.1. The minimum absolute atomic E-state index is 0. The lowest BCUT2D eigenvalue weighted by atomic mass is 9.94. The first-order valence-electron chi connectivity index (χ1n) is 13.0. The van der Waals surface area contributed by atoms with Gasteiger partial charge in [0.25, 0.3) is 0 Å². The molecule has 1 aromatic heterocycles. The van der Waals surface area contributed by atoms with E-state index in [0.717, 1.165) is 49.3 Å². The van der Waals surface area contributed by atoms with Gasteiger partial charge in [-0.3, -0.25) is 9.69 Å². The molecule has 2 aromatic rings. The number of fused-ring (bicyclic) bond motifs is 3. The van der Waals surface area contributed by atoms with E-state index in [1.807, 2.05) is 6.07 Å². The lowest BCUT2D eigenvalue weighted by Crippen LogP contribution is -2.45. The Balaban J connectivity index is 0.00000320. The zero-order chi connectivity index (χ0) is 25.4. The second-order valence-electron chi connectivity index (χ2n) is 10.4. The van der Waals surface area contributed by atoms with E-state index >= 15 is 0 Å². The molecule has 2 fully saturated rings. The van der Waals surface area contributed by atoms with E-state index in [2.05, 4.69) is 21.7 Å². The van der Waals surface area contributed by atoms with E-state index in [1.165, 1.54) is 44.7 Å². The summed E-state index contributed by atoms with van der Waals surface area (Å²) in [4.78, 5) is 33.0. The molecule has 0 saturated carbocycles. The van der Waals surface area contributed by atoms with E-state index in [0.29, 0.717) is 31.2 Å². The number of methoxy groups -OCH3 is 1.